The van der Waals surface area contributed by atoms with Gasteiger partial charge in [-0.25, -0.2) is 0 Å². The lowest BCUT2D eigenvalue weighted by atomic mass is 10.1. The number of hydrogen-bond donors (Lipinski definition) is 1. The van der Waals surface area contributed by atoms with Crippen molar-refractivity contribution in [3.05, 3.63) is 34.9 Å². The maximum absolute atomic E-state index is 12.5. The van der Waals surface area contributed by atoms with Crippen LogP contribution in [0, 0.1) is 0 Å². The molecule has 3 atom stereocenters. The Morgan fingerprint density at radius 2 is 2.24 bits per heavy atom. The molecule has 1 heterocycles. The van der Waals surface area contributed by atoms with Crippen LogP contribution in [0.3, 0.4) is 0 Å². The van der Waals surface area contributed by atoms with Crippen molar-refractivity contribution in [1.82, 2.24) is 10.2 Å². The van der Waals surface area contributed by atoms with E-state index in [9.17, 15) is 4.79 Å². The van der Waals surface area contributed by atoms with E-state index in [2.05, 4.69) is 18.5 Å². The molecule has 2 rings (SSSR count). The maximum Gasteiger partial charge on any atom is 0.241 e. The van der Waals surface area contributed by atoms with Crippen molar-refractivity contribution >= 4 is 29.3 Å². The third-order valence-electron chi connectivity index (χ3n) is 4.00. The van der Waals surface area contributed by atoms with Gasteiger partial charge in [-0.2, -0.15) is 11.8 Å². The zero-order valence-corrected chi connectivity index (χ0v) is 14.4. The monoisotopic (exact) mass is 326 g/mol. The molecule has 0 saturated carbocycles. The van der Waals surface area contributed by atoms with Gasteiger partial charge in [-0.1, -0.05) is 37.6 Å². The highest BCUT2D eigenvalue weighted by Crippen LogP contribution is 2.28. The number of benzene rings is 1. The van der Waals surface area contributed by atoms with Gasteiger partial charge in [0.05, 0.1) is 6.04 Å². The Hall–Kier alpha value is -0.710. The number of thioether (sulfide) groups is 1. The summed E-state index contributed by atoms with van der Waals surface area (Å²) in [6.45, 7) is 5.02. The van der Waals surface area contributed by atoms with Crippen molar-refractivity contribution < 1.29 is 4.79 Å². The minimum atomic E-state index is -0.0847. The molecular weight excluding hydrogens is 304 g/mol. The van der Waals surface area contributed by atoms with Crippen LogP contribution in [0.2, 0.25) is 5.02 Å². The summed E-state index contributed by atoms with van der Waals surface area (Å²) in [5, 5.41) is 4.70. The van der Waals surface area contributed by atoms with Crippen LogP contribution in [-0.4, -0.2) is 34.9 Å². The summed E-state index contributed by atoms with van der Waals surface area (Å²) >= 11 is 7.93. The van der Waals surface area contributed by atoms with Crippen molar-refractivity contribution in [2.45, 2.75) is 44.1 Å². The van der Waals surface area contributed by atoms with E-state index in [0.717, 1.165) is 24.9 Å². The number of rotatable bonds is 6. The molecule has 1 aromatic carbocycles. The molecule has 1 aliphatic rings. The van der Waals surface area contributed by atoms with E-state index >= 15 is 0 Å². The van der Waals surface area contributed by atoms with Crippen LogP contribution in [0.25, 0.3) is 0 Å². The normalized spacial score (nSPS) is 23.6. The summed E-state index contributed by atoms with van der Waals surface area (Å²) < 4.78 is 0. The smallest absolute Gasteiger partial charge is 0.241 e. The fourth-order valence-corrected chi connectivity index (χ4v) is 3.14. The molecule has 3 unspecified atom stereocenters. The fourth-order valence-electron chi connectivity index (χ4n) is 2.60. The molecular formula is C16H23ClN2OS. The van der Waals surface area contributed by atoms with E-state index in [1.54, 1.807) is 0 Å². The van der Waals surface area contributed by atoms with Crippen molar-refractivity contribution in [3.8, 4) is 0 Å². The van der Waals surface area contributed by atoms with Gasteiger partial charge < -0.3 is 4.90 Å². The molecule has 1 fully saturated rings. The molecule has 0 bridgehead atoms. The van der Waals surface area contributed by atoms with Crippen LogP contribution >= 0.6 is 23.4 Å². The molecule has 0 aliphatic carbocycles. The molecule has 5 heteroatoms. The fraction of sp³-hybridized carbons (Fsp3) is 0.562. The van der Waals surface area contributed by atoms with Crippen molar-refractivity contribution in [3.63, 3.8) is 0 Å². The van der Waals surface area contributed by atoms with Gasteiger partial charge in [0.2, 0.25) is 5.91 Å². The van der Waals surface area contributed by atoms with E-state index < -0.39 is 0 Å². The van der Waals surface area contributed by atoms with E-state index in [1.807, 2.05) is 47.9 Å². The predicted molar refractivity (Wildman–Crippen MR) is 90.7 cm³/mol. The van der Waals surface area contributed by atoms with Gasteiger partial charge in [0.15, 0.2) is 0 Å². The molecule has 0 spiro atoms. The average molecular weight is 327 g/mol. The first-order valence-electron chi connectivity index (χ1n) is 7.41. The van der Waals surface area contributed by atoms with Gasteiger partial charge >= 0.3 is 0 Å². The van der Waals surface area contributed by atoms with Crippen molar-refractivity contribution in [2.24, 2.45) is 0 Å². The maximum atomic E-state index is 12.5. The van der Waals surface area contributed by atoms with Gasteiger partial charge in [0.1, 0.15) is 6.17 Å². The Bertz CT molecular complexity index is 497. The summed E-state index contributed by atoms with van der Waals surface area (Å²) in [5.74, 6) is 0.204. The van der Waals surface area contributed by atoms with Crippen LogP contribution in [0.4, 0.5) is 0 Å². The van der Waals surface area contributed by atoms with Gasteiger partial charge in [-0.05, 0) is 36.8 Å². The quantitative estimate of drug-likeness (QED) is 0.865. The largest absolute Gasteiger partial charge is 0.322 e. The summed E-state index contributed by atoms with van der Waals surface area (Å²) in [7, 11) is 0. The van der Waals surface area contributed by atoms with Crippen molar-refractivity contribution in [1.29, 1.82) is 0 Å². The molecule has 3 nitrogen and oxygen atoms in total. The standard InChI is InChI=1S/C16H23ClN2OS/c1-4-14-16(20)19(9-8-11(2)21-3)15(18-14)12-6-5-7-13(17)10-12/h5-7,10-11,14-15,18H,4,8-9H2,1-3H3. The van der Waals surface area contributed by atoms with Gasteiger partial charge in [0, 0.05) is 16.8 Å². The molecule has 21 heavy (non-hydrogen) atoms. The summed E-state index contributed by atoms with van der Waals surface area (Å²) in [6.07, 6.45) is 3.86. The second-order valence-corrected chi connectivity index (χ2v) is 7.16. The number of nitrogens with zero attached hydrogens (tertiary/aromatic N) is 1. The number of hydrogen-bond acceptors (Lipinski definition) is 3. The van der Waals surface area contributed by atoms with Crippen LogP contribution < -0.4 is 5.32 Å². The molecule has 116 valence electrons. The Kier molecular flexibility index (Phi) is 5.97. The van der Waals surface area contributed by atoms with E-state index in [0.29, 0.717) is 10.3 Å². The molecule has 0 aromatic heterocycles. The highest BCUT2D eigenvalue weighted by atomic mass is 35.5. The number of nitrogens with one attached hydrogen (secondary N) is 1. The number of halogens is 1. The van der Waals surface area contributed by atoms with E-state index in [4.69, 9.17) is 11.6 Å². The first-order valence-corrected chi connectivity index (χ1v) is 9.08. The minimum absolute atomic E-state index is 0.0600. The Morgan fingerprint density at radius 3 is 2.86 bits per heavy atom. The minimum Gasteiger partial charge on any atom is -0.322 e. The second-order valence-electron chi connectivity index (χ2n) is 5.45. The van der Waals surface area contributed by atoms with Crippen LogP contribution in [0.15, 0.2) is 24.3 Å². The lowest BCUT2D eigenvalue weighted by Gasteiger charge is -2.25. The molecule has 1 saturated heterocycles. The van der Waals surface area contributed by atoms with Crippen LogP contribution in [0.1, 0.15) is 38.4 Å². The predicted octanol–water partition coefficient (Wildman–Crippen LogP) is 3.69. The molecule has 1 N–H and O–H groups in total. The number of amides is 1. The van der Waals surface area contributed by atoms with E-state index in [-0.39, 0.29) is 18.1 Å². The SMILES string of the molecule is CCC1NC(c2cccc(Cl)c2)N(CCC(C)SC)C1=O. The Labute approximate surface area is 136 Å². The highest BCUT2D eigenvalue weighted by molar-refractivity contribution is 7.99. The third kappa shape index (κ3) is 3.93. The summed E-state index contributed by atoms with van der Waals surface area (Å²) in [5.41, 5.74) is 1.06. The lowest BCUT2D eigenvalue weighted by molar-refractivity contribution is -0.130. The van der Waals surface area contributed by atoms with Crippen LogP contribution in [0.5, 0.6) is 0 Å². The number of carbonyl (C=O) groups excluding carboxylic acids is 1. The zero-order valence-electron chi connectivity index (χ0n) is 12.8. The van der Waals surface area contributed by atoms with Crippen molar-refractivity contribution in [2.75, 3.05) is 12.8 Å². The topological polar surface area (TPSA) is 32.3 Å². The number of carbonyl (C=O) groups is 1. The molecule has 1 amide bonds. The van der Waals surface area contributed by atoms with Gasteiger partial charge in [0.25, 0.3) is 0 Å². The van der Waals surface area contributed by atoms with Gasteiger partial charge in [-0.3, -0.25) is 10.1 Å². The molecule has 0 radical (unpaired) electrons. The van der Waals surface area contributed by atoms with Crippen LogP contribution in [-0.2, 0) is 4.79 Å². The summed E-state index contributed by atoms with van der Waals surface area (Å²) in [4.78, 5) is 14.5. The lowest BCUT2D eigenvalue weighted by Crippen LogP contribution is -2.32. The molecule has 1 aliphatic heterocycles. The first-order chi connectivity index (χ1) is 10.1. The van der Waals surface area contributed by atoms with E-state index in [1.165, 1.54) is 0 Å². The Balaban J connectivity index is 2.18. The highest BCUT2D eigenvalue weighted by Gasteiger charge is 2.38. The molecule has 1 aromatic rings. The average Bonchev–Trinajstić information content (AvgIpc) is 2.81. The second kappa shape index (κ2) is 7.52. The third-order valence-corrected chi connectivity index (χ3v) is 5.28. The zero-order chi connectivity index (χ0) is 15.4. The summed E-state index contributed by atoms with van der Waals surface area (Å²) in [6, 6.07) is 7.68. The first kappa shape index (κ1) is 16.7. The Morgan fingerprint density at radius 1 is 1.48 bits per heavy atom. The van der Waals surface area contributed by atoms with Gasteiger partial charge in [-0.15, -0.1) is 0 Å².